The first-order chi connectivity index (χ1) is 7.24. The predicted molar refractivity (Wildman–Crippen MR) is 61.5 cm³/mol. The van der Waals surface area contributed by atoms with Crippen LogP contribution >= 0.6 is 0 Å². The van der Waals surface area contributed by atoms with Gasteiger partial charge >= 0.3 is 0 Å². The second kappa shape index (κ2) is 2.80. The molecule has 4 fully saturated rings. The van der Waals surface area contributed by atoms with Crippen molar-refractivity contribution in [1.29, 1.82) is 0 Å². The van der Waals surface area contributed by atoms with E-state index in [2.05, 4.69) is 18.7 Å². The van der Waals surface area contributed by atoms with Gasteiger partial charge in [-0.2, -0.15) is 0 Å². The van der Waals surface area contributed by atoms with Gasteiger partial charge in [-0.1, -0.05) is 13.8 Å². The molecule has 0 aromatic heterocycles. The molecule has 0 bridgehead atoms. The lowest BCUT2D eigenvalue weighted by atomic mass is 9.87. The summed E-state index contributed by atoms with van der Waals surface area (Å²) in [7, 11) is 0. The Morgan fingerprint density at radius 3 is 2.27 bits per heavy atom. The van der Waals surface area contributed by atoms with Crippen molar-refractivity contribution in [2.24, 2.45) is 29.6 Å². The molecular formula is C14H23N. The van der Waals surface area contributed by atoms with E-state index in [1.165, 1.54) is 19.4 Å². The maximum atomic E-state index is 2.85. The lowest BCUT2D eigenvalue weighted by Gasteiger charge is -2.28. The summed E-state index contributed by atoms with van der Waals surface area (Å²) < 4.78 is 0. The van der Waals surface area contributed by atoms with Gasteiger partial charge in [0.25, 0.3) is 0 Å². The second-order valence-electron chi connectivity index (χ2n) is 6.90. The molecular weight excluding hydrogens is 182 g/mol. The highest BCUT2D eigenvalue weighted by atomic mass is 15.3. The monoisotopic (exact) mass is 205 g/mol. The van der Waals surface area contributed by atoms with Gasteiger partial charge in [0.05, 0.1) is 0 Å². The molecule has 1 heterocycles. The molecule has 0 radical (unpaired) electrons. The average Bonchev–Trinajstić information content (AvgIpc) is 3.04. The Morgan fingerprint density at radius 1 is 0.867 bits per heavy atom. The van der Waals surface area contributed by atoms with Crippen molar-refractivity contribution < 1.29 is 0 Å². The van der Waals surface area contributed by atoms with E-state index in [0.29, 0.717) is 0 Å². The number of hydrogen-bond donors (Lipinski definition) is 0. The van der Waals surface area contributed by atoms with Gasteiger partial charge in [0.15, 0.2) is 0 Å². The molecule has 1 aliphatic heterocycles. The zero-order valence-electron chi connectivity index (χ0n) is 10.0. The Hall–Kier alpha value is -0.0400. The lowest BCUT2D eigenvalue weighted by Crippen LogP contribution is -2.29. The third-order valence-corrected chi connectivity index (χ3v) is 5.75. The van der Waals surface area contributed by atoms with Crippen molar-refractivity contribution in [2.75, 3.05) is 6.54 Å². The van der Waals surface area contributed by atoms with E-state index < -0.39 is 0 Å². The SMILES string of the molecule is CC1CC(N2CC2C2CC2C)CC2CC12. The molecule has 0 amide bonds. The van der Waals surface area contributed by atoms with E-state index in [-0.39, 0.29) is 0 Å². The third kappa shape index (κ3) is 1.39. The summed E-state index contributed by atoms with van der Waals surface area (Å²) >= 11 is 0. The van der Waals surface area contributed by atoms with Crippen LogP contribution in [0.2, 0.25) is 0 Å². The number of hydrogen-bond acceptors (Lipinski definition) is 1. The molecule has 4 rings (SSSR count). The zero-order chi connectivity index (χ0) is 10.2. The van der Waals surface area contributed by atoms with Gasteiger partial charge in [-0.15, -0.1) is 0 Å². The van der Waals surface area contributed by atoms with E-state index >= 15 is 0 Å². The molecule has 84 valence electrons. The molecule has 0 N–H and O–H groups in total. The molecule has 0 aromatic carbocycles. The quantitative estimate of drug-likeness (QED) is 0.626. The predicted octanol–water partition coefficient (Wildman–Crippen LogP) is 2.76. The smallest absolute Gasteiger partial charge is 0.0257 e. The van der Waals surface area contributed by atoms with Crippen molar-refractivity contribution in [2.45, 2.75) is 51.6 Å². The highest BCUT2D eigenvalue weighted by Crippen LogP contribution is 2.56. The summed E-state index contributed by atoms with van der Waals surface area (Å²) in [6, 6.07) is 2.01. The van der Waals surface area contributed by atoms with Gasteiger partial charge in [0, 0.05) is 18.6 Å². The first-order valence-corrected chi connectivity index (χ1v) is 6.99. The van der Waals surface area contributed by atoms with Crippen molar-refractivity contribution in [3.05, 3.63) is 0 Å². The number of rotatable bonds is 2. The fraction of sp³-hybridized carbons (Fsp3) is 1.00. The van der Waals surface area contributed by atoms with Gasteiger partial charge in [-0.05, 0) is 55.3 Å². The first-order valence-electron chi connectivity index (χ1n) is 6.99. The molecule has 8 atom stereocenters. The molecule has 3 saturated carbocycles. The Balaban J connectivity index is 1.39. The van der Waals surface area contributed by atoms with Crippen LogP contribution in [0.1, 0.15) is 39.5 Å². The minimum absolute atomic E-state index is 0.988. The third-order valence-electron chi connectivity index (χ3n) is 5.75. The Morgan fingerprint density at radius 2 is 1.60 bits per heavy atom. The lowest BCUT2D eigenvalue weighted by molar-refractivity contribution is 0.219. The van der Waals surface area contributed by atoms with Crippen molar-refractivity contribution in [3.63, 3.8) is 0 Å². The van der Waals surface area contributed by atoms with Crippen LogP contribution in [0.5, 0.6) is 0 Å². The van der Waals surface area contributed by atoms with Crippen LogP contribution in [0.3, 0.4) is 0 Å². The standard InChI is InChI=1S/C14H23N/c1-8-3-11(5-10-6-12(8)10)15-7-14(15)13-4-9(13)2/h8-14H,3-7H2,1-2H3. The molecule has 15 heavy (non-hydrogen) atoms. The van der Waals surface area contributed by atoms with E-state index in [4.69, 9.17) is 0 Å². The van der Waals surface area contributed by atoms with E-state index in [0.717, 1.165) is 41.7 Å². The maximum absolute atomic E-state index is 2.85. The maximum Gasteiger partial charge on any atom is 0.0257 e. The topological polar surface area (TPSA) is 3.01 Å². The molecule has 4 aliphatic rings. The molecule has 0 aromatic rings. The van der Waals surface area contributed by atoms with Crippen molar-refractivity contribution in [3.8, 4) is 0 Å². The summed E-state index contributed by atoms with van der Waals surface area (Å²) in [5.74, 6) is 5.45. The summed E-state index contributed by atoms with van der Waals surface area (Å²) in [6.07, 6.45) is 6.15. The van der Waals surface area contributed by atoms with Crippen molar-refractivity contribution >= 4 is 0 Å². The van der Waals surface area contributed by atoms with Gasteiger partial charge in [0.2, 0.25) is 0 Å². The van der Waals surface area contributed by atoms with Crippen LogP contribution < -0.4 is 0 Å². The van der Waals surface area contributed by atoms with Crippen LogP contribution in [0, 0.1) is 29.6 Å². The average molecular weight is 205 g/mol. The van der Waals surface area contributed by atoms with E-state index in [1.54, 1.807) is 12.8 Å². The molecule has 1 saturated heterocycles. The summed E-state index contributed by atoms with van der Waals surface area (Å²) in [5.41, 5.74) is 0. The van der Waals surface area contributed by atoms with E-state index in [1.807, 2.05) is 0 Å². The van der Waals surface area contributed by atoms with Gasteiger partial charge in [-0.3, -0.25) is 4.90 Å². The molecule has 8 unspecified atom stereocenters. The Kier molecular flexibility index (Phi) is 1.68. The summed E-state index contributed by atoms with van der Waals surface area (Å²) in [5, 5.41) is 0. The highest BCUT2D eigenvalue weighted by Gasteiger charge is 2.56. The Bertz CT molecular complexity index is 287. The molecule has 1 nitrogen and oxygen atoms in total. The van der Waals surface area contributed by atoms with Crippen LogP contribution in [0.25, 0.3) is 0 Å². The highest BCUT2D eigenvalue weighted by molar-refractivity contribution is 5.09. The minimum Gasteiger partial charge on any atom is -0.294 e. The van der Waals surface area contributed by atoms with Crippen LogP contribution in [-0.2, 0) is 0 Å². The van der Waals surface area contributed by atoms with Gasteiger partial charge < -0.3 is 0 Å². The van der Waals surface area contributed by atoms with Gasteiger partial charge in [0.1, 0.15) is 0 Å². The summed E-state index contributed by atoms with van der Waals surface area (Å²) in [6.45, 7) is 6.38. The van der Waals surface area contributed by atoms with Crippen LogP contribution in [-0.4, -0.2) is 23.5 Å². The molecule has 3 aliphatic carbocycles. The fourth-order valence-electron chi connectivity index (χ4n) is 4.42. The largest absolute Gasteiger partial charge is 0.294 e. The molecule has 0 spiro atoms. The fourth-order valence-corrected chi connectivity index (χ4v) is 4.42. The Labute approximate surface area is 93.2 Å². The molecule has 1 heteroatoms. The number of fused-ring (bicyclic) bond motifs is 1. The normalized spacial score (nSPS) is 66.0. The summed E-state index contributed by atoms with van der Waals surface area (Å²) in [4.78, 5) is 2.85. The van der Waals surface area contributed by atoms with E-state index in [9.17, 15) is 0 Å². The van der Waals surface area contributed by atoms with Gasteiger partial charge in [-0.25, -0.2) is 0 Å². The minimum atomic E-state index is 0.988. The van der Waals surface area contributed by atoms with Crippen LogP contribution in [0.4, 0.5) is 0 Å². The van der Waals surface area contributed by atoms with Crippen LogP contribution in [0.15, 0.2) is 0 Å². The second-order valence-corrected chi connectivity index (χ2v) is 6.90. The zero-order valence-corrected chi connectivity index (χ0v) is 10.0. The first kappa shape index (κ1) is 9.04. The van der Waals surface area contributed by atoms with Crippen molar-refractivity contribution in [1.82, 2.24) is 4.90 Å². The number of nitrogens with zero attached hydrogens (tertiary/aromatic N) is 1.